The van der Waals surface area contributed by atoms with E-state index in [1.807, 2.05) is 20.8 Å². The van der Waals surface area contributed by atoms with Gasteiger partial charge in [0.05, 0.1) is 6.61 Å². The molecule has 6 atom stereocenters. The molecule has 4 N–H and O–H groups in total. The molecule has 0 aliphatic carbocycles. The van der Waals surface area contributed by atoms with E-state index in [2.05, 4.69) is 13.8 Å². The minimum Gasteiger partial charge on any atom is -0.487 e. The number of hydrogen-bond acceptors (Lipinski definition) is 7. The Balaban J connectivity index is 1.44. The van der Waals surface area contributed by atoms with Gasteiger partial charge < -0.3 is 34.6 Å². The van der Waals surface area contributed by atoms with Gasteiger partial charge >= 0.3 is 0 Å². The van der Waals surface area contributed by atoms with E-state index in [0.29, 0.717) is 5.75 Å². The molecule has 0 radical (unpaired) electrons. The zero-order valence-corrected chi connectivity index (χ0v) is 27.1. The summed E-state index contributed by atoms with van der Waals surface area (Å²) in [5.74, 6) is 1.53. The van der Waals surface area contributed by atoms with Crippen LogP contribution in [0.25, 0.3) is 0 Å². The van der Waals surface area contributed by atoms with Gasteiger partial charge in [0, 0.05) is 5.56 Å². The van der Waals surface area contributed by atoms with Gasteiger partial charge in [0.15, 0.2) is 0 Å². The molecule has 0 saturated carbocycles. The molecule has 2 aliphatic heterocycles. The second kappa shape index (κ2) is 17.2. The Morgan fingerprint density at radius 1 is 0.738 bits per heavy atom. The van der Waals surface area contributed by atoms with Crippen LogP contribution in [0.2, 0.25) is 0 Å². The Labute approximate surface area is 255 Å². The Bertz CT molecular complexity index is 948. The maximum Gasteiger partial charge on any atom is 0.229 e. The zero-order chi connectivity index (χ0) is 30.7. The Kier molecular flexibility index (Phi) is 14.4. The molecule has 1 aromatic rings. The molecule has 0 amide bonds. The van der Waals surface area contributed by atoms with Crippen molar-refractivity contribution in [3.63, 3.8) is 0 Å². The lowest BCUT2D eigenvalue weighted by molar-refractivity contribution is -0.277. The summed E-state index contributed by atoms with van der Waals surface area (Å²) >= 11 is 0. The molecule has 0 aromatic heterocycles. The van der Waals surface area contributed by atoms with Crippen molar-refractivity contribution in [1.29, 1.82) is 0 Å². The van der Waals surface area contributed by atoms with Gasteiger partial charge in [0.1, 0.15) is 41.5 Å². The average molecular weight is 593 g/mol. The molecule has 0 bridgehead atoms. The number of aliphatic hydroxyl groups excluding tert-OH is 4. The summed E-state index contributed by atoms with van der Waals surface area (Å²) in [5, 5.41) is 40.3. The number of unbranched alkanes of at least 4 members (excludes halogenated alkanes) is 13. The Morgan fingerprint density at radius 2 is 1.29 bits per heavy atom. The SMILES string of the molecule is CCCCCCCCCCCCCCCC[C@]1(C)CCc2c(C)c(O[C@@H]3O[C@H](CO)[C@@H](O)[C@H](O)[C@H]3O)c(C)c(C)c2O1. The van der Waals surface area contributed by atoms with E-state index in [9.17, 15) is 20.4 Å². The summed E-state index contributed by atoms with van der Waals surface area (Å²) in [7, 11) is 0. The van der Waals surface area contributed by atoms with Gasteiger partial charge in [-0.15, -0.1) is 0 Å². The first kappa shape index (κ1) is 35.1. The van der Waals surface area contributed by atoms with Crippen LogP contribution >= 0.6 is 0 Å². The molecular formula is C35H60O7. The number of ether oxygens (including phenoxy) is 3. The fraction of sp³-hybridized carbons (Fsp3) is 0.829. The fourth-order valence-electron chi connectivity index (χ4n) is 6.61. The number of rotatable bonds is 18. The highest BCUT2D eigenvalue weighted by molar-refractivity contribution is 5.59. The molecule has 1 saturated heterocycles. The first-order chi connectivity index (χ1) is 20.1. The molecule has 0 unspecified atom stereocenters. The second-order valence-electron chi connectivity index (χ2n) is 13.2. The summed E-state index contributed by atoms with van der Waals surface area (Å²) in [6.45, 7) is 10.0. The highest BCUT2D eigenvalue weighted by atomic mass is 16.7. The van der Waals surface area contributed by atoms with Crippen LogP contribution in [0.1, 0.15) is 139 Å². The van der Waals surface area contributed by atoms with E-state index in [1.165, 1.54) is 89.9 Å². The molecule has 2 aliphatic rings. The quantitative estimate of drug-likeness (QED) is 0.140. The van der Waals surface area contributed by atoms with Crippen LogP contribution in [0.5, 0.6) is 11.5 Å². The zero-order valence-electron chi connectivity index (χ0n) is 27.1. The van der Waals surface area contributed by atoms with E-state index in [-0.39, 0.29) is 5.60 Å². The number of hydrogen-bond donors (Lipinski definition) is 4. The predicted octanol–water partition coefficient (Wildman–Crippen LogP) is 6.75. The lowest BCUT2D eigenvalue weighted by Gasteiger charge is -2.41. The van der Waals surface area contributed by atoms with E-state index >= 15 is 0 Å². The van der Waals surface area contributed by atoms with Crippen molar-refractivity contribution in [3.8, 4) is 11.5 Å². The standard InChI is InChI=1S/C35H60O7/c1-6-7-8-9-10-11-12-13-14-15-16-17-18-19-21-35(5)22-20-27-26(4)32(24(2)25(3)33(27)42-35)41-34-31(39)30(38)29(37)28(23-36)40-34/h28-31,34,36-39H,6-23H2,1-5H3/t28-,29-,30+,31-,34+,35-/m1/s1. The minimum atomic E-state index is -1.47. The smallest absolute Gasteiger partial charge is 0.229 e. The first-order valence-corrected chi connectivity index (χ1v) is 16.9. The molecule has 7 nitrogen and oxygen atoms in total. The van der Waals surface area contributed by atoms with Crippen LogP contribution in [0, 0.1) is 20.8 Å². The molecule has 3 rings (SSSR count). The third-order valence-corrected chi connectivity index (χ3v) is 9.70. The van der Waals surface area contributed by atoms with Crippen molar-refractivity contribution < 1.29 is 34.6 Å². The van der Waals surface area contributed by atoms with Gasteiger partial charge in [-0.3, -0.25) is 0 Å². The van der Waals surface area contributed by atoms with Crippen LogP contribution in [0.15, 0.2) is 0 Å². The molecule has 242 valence electrons. The Morgan fingerprint density at radius 3 is 1.83 bits per heavy atom. The fourth-order valence-corrected chi connectivity index (χ4v) is 6.61. The molecule has 42 heavy (non-hydrogen) atoms. The van der Waals surface area contributed by atoms with E-state index < -0.39 is 37.3 Å². The van der Waals surface area contributed by atoms with Gasteiger partial charge in [-0.25, -0.2) is 0 Å². The van der Waals surface area contributed by atoms with Crippen LogP contribution in [0.3, 0.4) is 0 Å². The largest absolute Gasteiger partial charge is 0.487 e. The molecular weight excluding hydrogens is 532 g/mol. The monoisotopic (exact) mass is 592 g/mol. The van der Waals surface area contributed by atoms with Gasteiger partial charge in [0.25, 0.3) is 0 Å². The lowest BCUT2D eigenvalue weighted by Crippen LogP contribution is -2.60. The van der Waals surface area contributed by atoms with Crippen molar-refractivity contribution in [3.05, 3.63) is 22.3 Å². The lowest BCUT2D eigenvalue weighted by atomic mass is 9.84. The van der Waals surface area contributed by atoms with Crippen LogP contribution < -0.4 is 9.47 Å². The van der Waals surface area contributed by atoms with Gasteiger partial charge in [-0.1, -0.05) is 90.4 Å². The summed E-state index contributed by atoms with van der Waals surface area (Å²) < 4.78 is 18.5. The topological polar surface area (TPSA) is 109 Å². The minimum absolute atomic E-state index is 0.187. The van der Waals surface area contributed by atoms with E-state index in [4.69, 9.17) is 14.2 Å². The second-order valence-corrected chi connectivity index (χ2v) is 13.2. The van der Waals surface area contributed by atoms with Crippen molar-refractivity contribution in [2.75, 3.05) is 6.61 Å². The third-order valence-electron chi connectivity index (χ3n) is 9.70. The summed E-state index contributed by atoms with van der Waals surface area (Å²) in [6, 6.07) is 0. The van der Waals surface area contributed by atoms with Crippen molar-refractivity contribution in [1.82, 2.24) is 0 Å². The molecule has 1 fully saturated rings. The average Bonchev–Trinajstić information content (AvgIpc) is 2.98. The summed E-state index contributed by atoms with van der Waals surface area (Å²) in [4.78, 5) is 0. The van der Waals surface area contributed by atoms with Crippen molar-refractivity contribution >= 4 is 0 Å². The van der Waals surface area contributed by atoms with Gasteiger partial charge in [-0.2, -0.15) is 0 Å². The third kappa shape index (κ3) is 9.31. The normalized spacial score (nSPS) is 27.5. The first-order valence-electron chi connectivity index (χ1n) is 16.9. The molecule has 7 heteroatoms. The predicted molar refractivity (Wildman–Crippen MR) is 167 cm³/mol. The van der Waals surface area contributed by atoms with E-state index in [0.717, 1.165) is 47.3 Å². The Hall–Kier alpha value is -1.38. The maximum absolute atomic E-state index is 10.5. The number of aliphatic hydroxyl groups is 4. The van der Waals surface area contributed by atoms with Gasteiger partial charge in [0.2, 0.25) is 6.29 Å². The maximum atomic E-state index is 10.5. The molecule has 0 spiro atoms. The summed E-state index contributed by atoms with van der Waals surface area (Å²) in [6.07, 6.45) is 15.3. The van der Waals surface area contributed by atoms with Crippen LogP contribution in [0.4, 0.5) is 0 Å². The summed E-state index contributed by atoms with van der Waals surface area (Å²) in [5.41, 5.74) is 3.75. The highest BCUT2D eigenvalue weighted by Crippen LogP contribution is 2.45. The number of benzene rings is 1. The van der Waals surface area contributed by atoms with Crippen molar-refractivity contribution in [2.24, 2.45) is 0 Å². The van der Waals surface area contributed by atoms with Gasteiger partial charge in [-0.05, 0) is 70.1 Å². The number of fused-ring (bicyclic) bond motifs is 1. The highest BCUT2D eigenvalue weighted by Gasteiger charge is 2.45. The molecule has 1 aromatic carbocycles. The van der Waals surface area contributed by atoms with E-state index in [1.54, 1.807) is 0 Å². The van der Waals surface area contributed by atoms with Crippen molar-refractivity contribution in [2.45, 2.75) is 180 Å². The van der Waals surface area contributed by atoms with Crippen LogP contribution in [-0.2, 0) is 11.2 Å². The molecule has 2 heterocycles. The van der Waals surface area contributed by atoms with Crippen LogP contribution in [-0.4, -0.2) is 63.3 Å².